The van der Waals surface area contributed by atoms with E-state index in [1.165, 1.54) is 0 Å². The van der Waals surface area contributed by atoms with E-state index in [1.54, 1.807) is 4.72 Å². The molecule has 0 rings (SSSR count). The molecule has 0 aliphatic heterocycles. The molecule has 0 atom stereocenters. The minimum atomic E-state index is -3.99. The number of hydrogen-bond donors (Lipinski definition) is 1. The summed E-state index contributed by atoms with van der Waals surface area (Å²) in [6.07, 6.45) is -2.78. The van der Waals surface area contributed by atoms with Crippen molar-refractivity contribution < 1.29 is 26.7 Å². The van der Waals surface area contributed by atoms with Crippen LogP contribution >= 0.6 is 0 Å². The summed E-state index contributed by atoms with van der Waals surface area (Å²) in [5.41, 5.74) is 0. The maximum Gasteiger partial charge on any atom is 0.322 e. The molecule has 5 nitrogen and oxygen atoms in total. The molecule has 0 radical (unpaired) electrons. The van der Waals surface area contributed by atoms with Crippen molar-refractivity contribution in [2.45, 2.75) is 6.43 Å². The number of carbonyl (C=O) groups is 1. The van der Waals surface area contributed by atoms with Crippen LogP contribution < -0.4 is 4.72 Å². The first-order valence-corrected chi connectivity index (χ1v) is 4.85. The zero-order valence-corrected chi connectivity index (χ0v) is 7.61. The molecule has 0 aromatic rings. The molecule has 0 fully saturated rings. The smallest absolute Gasteiger partial charge is 0.322 e. The molecule has 0 saturated carbocycles. The molecule has 13 heavy (non-hydrogen) atoms. The first-order valence-electron chi connectivity index (χ1n) is 3.19. The number of ether oxygens (including phenoxy) is 1. The minimum absolute atomic E-state index is 0.948. The number of nitrogens with one attached hydrogen (secondary N) is 1. The van der Waals surface area contributed by atoms with E-state index in [2.05, 4.69) is 4.74 Å². The Labute approximate surface area is 74.1 Å². The van der Waals surface area contributed by atoms with Crippen molar-refractivity contribution >= 4 is 16.0 Å². The fraction of sp³-hybridized carbons (Fsp3) is 0.800. The SMILES string of the molecule is COC(=O)CS(=O)(=O)NCC(F)F. The van der Waals surface area contributed by atoms with Crippen LogP contribution in [0.2, 0.25) is 0 Å². The van der Waals surface area contributed by atoms with Crippen LogP contribution in [0.1, 0.15) is 0 Å². The quantitative estimate of drug-likeness (QED) is 0.621. The Bertz CT molecular complexity index is 264. The predicted molar refractivity (Wildman–Crippen MR) is 39.8 cm³/mol. The van der Waals surface area contributed by atoms with Gasteiger partial charge in [0.25, 0.3) is 6.43 Å². The molecular weight excluding hydrogens is 208 g/mol. The molecular formula is C5H9F2NO4S. The molecule has 0 heterocycles. The fourth-order valence-electron chi connectivity index (χ4n) is 0.455. The van der Waals surface area contributed by atoms with E-state index in [9.17, 15) is 22.0 Å². The Morgan fingerprint density at radius 3 is 2.46 bits per heavy atom. The first-order chi connectivity index (χ1) is 5.87. The maximum absolute atomic E-state index is 11.5. The van der Waals surface area contributed by atoms with Gasteiger partial charge in [0.05, 0.1) is 13.7 Å². The summed E-state index contributed by atoms with van der Waals surface area (Å²) < 4.78 is 50.2. The van der Waals surface area contributed by atoms with Gasteiger partial charge in [0.1, 0.15) is 0 Å². The topological polar surface area (TPSA) is 72.5 Å². The average Bonchev–Trinajstić information content (AvgIpc) is 2.00. The minimum Gasteiger partial charge on any atom is -0.468 e. The summed E-state index contributed by atoms with van der Waals surface area (Å²) in [5.74, 6) is -1.95. The third-order valence-corrected chi connectivity index (χ3v) is 2.22. The van der Waals surface area contributed by atoms with Gasteiger partial charge in [-0.25, -0.2) is 21.9 Å². The number of alkyl halides is 2. The summed E-state index contributed by atoms with van der Waals surface area (Å²) in [7, 11) is -2.99. The highest BCUT2D eigenvalue weighted by atomic mass is 32.2. The highest BCUT2D eigenvalue weighted by Crippen LogP contribution is 1.92. The molecule has 0 aromatic heterocycles. The van der Waals surface area contributed by atoms with Crippen molar-refractivity contribution in [1.29, 1.82) is 0 Å². The van der Waals surface area contributed by atoms with E-state index >= 15 is 0 Å². The van der Waals surface area contributed by atoms with Gasteiger partial charge in [-0.1, -0.05) is 0 Å². The van der Waals surface area contributed by atoms with Crippen molar-refractivity contribution in [1.82, 2.24) is 4.72 Å². The highest BCUT2D eigenvalue weighted by molar-refractivity contribution is 7.90. The molecule has 0 saturated heterocycles. The molecule has 0 bridgehead atoms. The fourth-order valence-corrected chi connectivity index (χ4v) is 1.37. The number of carbonyl (C=O) groups excluding carboxylic acids is 1. The second kappa shape index (κ2) is 5.07. The van der Waals surface area contributed by atoms with E-state index < -0.39 is 34.7 Å². The van der Waals surface area contributed by atoms with Crippen LogP contribution in [0.3, 0.4) is 0 Å². The highest BCUT2D eigenvalue weighted by Gasteiger charge is 2.17. The van der Waals surface area contributed by atoms with Crippen LogP contribution in [0, 0.1) is 0 Å². The summed E-state index contributed by atoms with van der Waals surface area (Å²) in [6.45, 7) is -1.00. The lowest BCUT2D eigenvalue weighted by atomic mass is 10.7. The first kappa shape index (κ1) is 12.2. The average molecular weight is 217 g/mol. The lowest BCUT2D eigenvalue weighted by Crippen LogP contribution is -2.33. The molecule has 0 spiro atoms. The molecule has 0 amide bonds. The Kier molecular flexibility index (Phi) is 4.78. The molecule has 0 unspecified atom stereocenters. The molecule has 8 heteroatoms. The zero-order chi connectivity index (χ0) is 10.5. The van der Waals surface area contributed by atoms with Crippen LogP contribution in [0.4, 0.5) is 8.78 Å². The van der Waals surface area contributed by atoms with Crippen LogP contribution in [-0.2, 0) is 19.6 Å². The summed E-state index contributed by atoms with van der Waals surface area (Å²) in [4.78, 5) is 10.4. The number of rotatable bonds is 5. The van der Waals surface area contributed by atoms with Gasteiger partial charge in [0, 0.05) is 0 Å². The third kappa shape index (κ3) is 6.41. The van der Waals surface area contributed by atoms with Gasteiger partial charge in [0.15, 0.2) is 5.75 Å². The summed E-state index contributed by atoms with van der Waals surface area (Å²) in [6, 6.07) is 0. The predicted octanol–water partition coefficient (Wildman–Crippen LogP) is -0.656. The van der Waals surface area contributed by atoms with Gasteiger partial charge in [-0.15, -0.1) is 0 Å². The van der Waals surface area contributed by atoms with Crippen molar-refractivity contribution in [2.75, 3.05) is 19.4 Å². The Hall–Kier alpha value is -0.760. The number of halogens is 2. The van der Waals surface area contributed by atoms with Gasteiger partial charge in [-0.05, 0) is 0 Å². The second-order valence-electron chi connectivity index (χ2n) is 2.07. The standard InChI is InChI=1S/C5H9F2NO4S/c1-12-5(9)3-13(10,11)8-2-4(6)7/h4,8H,2-3H2,1H3. The van der Waals surface area contributed by atoms with Crippen molar-refractivity contribution in [3.8, 4) is 0 Å². The van der Waals surface area contributed by atoms with Crippen LogP contribution in [0.25, 0.3) is 0 Å². The maximum atomic E-state index is 11.5. The van der Waals surface area contributed by atoms with E-state index in [0.717, 1.165) is 7.11 Å². The number of sulfonamides is 1. The number of hydrogen-bond acceptors (Lipinski definition) is 4. The van der Waals surface area contributed by atoms with Crippen molar-refractivity contribution in [2.24, 2.45) is 0 Å². The van der Waals surface area contributed by atoms with E-state index in [1.807, 2.05) is 0 Å². The second-order valence-corrected chi connectivity index (χ2v) is 3.88. The third-order valence-electron chi connectivity index (χ3n) is 0.993. The van der Waals surface area contributed by atoms with Crippen molar-refractivity contribution in [3.63, 3.8) is 0 Å². The van der Waals surface area contributed by atoms with Gasteiger partial charge < -0.3 is 4.74 Å². The Morgan fingerprint density at radius 2 is 2.08 bits per heavy atom. The molecule has 1 N–H and O–H groups in total. The van der Waals surface area contributed by atoms with E-state index in [4.69, 9.17) is 0 Å². The van der Waals surface area contributed by atoms with E-state index in [-0.39, 0.29) is 0 Å². The Morgan fingerprint density at radius 1 is 1.54 bits per heavy atom. The lowest BCUT2D eigenvalue weighted by molar-refractivity contribution is -0.137. The van der Waals surface area contributed by atoms with Crippen LogP contribution in [0.5, 0.6) is 0 Å². The molecule has 0 aliphatic carbocycles. The van der Waals surface area contributed by atoms with Crippen molar-refractivity contribution in [3.05, 3.63) is 0 Å². The Balaban J connectivity index is 4.02. The van der Waals surface area contributed by atoms with Gasteiger partial charge in [-0.3, -0.25) is 4.79 Å². The van der Waals surface area contributed by atoms with Crippen LogP contribution in [0.15, 0.2) is 0 Å². The largest absolute Gasteiger partial charge is 0.468 e. The summed E-state index contributed by atoms with van der Waals surface area (Å²) in [5, 5.41) is 0. The normalized spacial score (nSPS) is 11.7. The zero-order valence-electron chi connectivity index (χ0n) is 6.79. The molecule has 0 aromatic carbocycles. The van der Waals surface area contributed by atoms with Gasteiger partial charge >= 0.3 is 5.97 Å². The van der Waals surface area contributed by atoms with Crippen LogP contribution in [-0.4, -0.2) is 40.2 Å². The van der Waals surface area contributed by atoms with Gasteiger partial charge in [0.2, 0.25) is 10.0 Å². The summed E-state index contributed by atoms with van der Waals surface area (Å²) >= 11 is 0. The van der Waals surface area contributed by atoms with Gasteiger partial charge in [-0.2, -0.15) is 0 Å². The van der Waals surface area contributed by atoms with E-state index in [0.29, 0.717) is 0 Å². The number of esters is 1. The molecule has 78 valence electrons. The molecule has 0 aliphatic rings. The monoisotopic (exact) mass is 217 g/mol. The lowest BCUT2D eigenvalue weighted by Gasteiger charge is -2.03. The number of methoxy groups -OCH3 is 1.